The van der Waals surface area contributed by atoms with E-state index in [0.29, 0.717) is 31.4 Å². The largest absolute Gasteiger partial charge is 0.384 e. The maximum absolute atomic E-state index is 12.1. The fraction of sp³-hybridized carbons (Fsp3) is 0.684. The Morgan fingerprint density at radius 2 is 2.12 bits per heavy atom. The number of methoxy groups -OCH3 is 1. The fourth-order valence-electron chi connectivity index (χ4n) is 3.53. The van der Waals surface area contributed by atoms with E-state index in [1.54, 1.807) is 13.3 Å². The lowest BCUT2D eigenvalue weighted by atomic mass is 9.91. The number of hydrogen-bond acceptors (Lipinski definition) is 4. The van der Waals surface area contributed by atoms with Crippen molar-refractivity contribution in [2.75, 3.05) is 26.8 Å². The fourth-order valence-corrected chi connectivity index (χ4v) is 3.53. The summed E-state index contributed by atoms with van der Waals surface area (Å²) in [6.07, 6.45) is 2.17. The topological polar surface area (TPSA) is 74.4 Å². The second kappa shape index (κ2) is 8.63. The molecule has 6 nitrogen and oxygen atoms in total. The molecule has 0 aliphatic carbocycles. The summed E-state index contributed by atoms with van der Waals surface area (Å²) in [5.41, 5.74) is 2.60. The summed E-state index contributed by atoms with van der Waals surface area (Å²) >= 11 is 0. The normalized spacial score (nSPS) is 21.0. The Morgan fingerprint density at radius 1 is 1.40 bits per heavy atom. The third-order valence-corrected chi connectivity index (χ3v) is 5.17. The molecule has 1 saturated heterocycles. The Hall–Kier alpha value is -1.66. The van der Waals surface area contributed by atoms with Crippen molar-refractivity contribution in [2.45, 2.75) is 46.7 Å². The summed E-state index contributed by atoms with van der Waals surface area (Å²) in [5, 5.41) is 3.16. The van der Waals surface area contributed by atoms with Crippen molar-refractivity contribution in [3.8, 4) is 0 Å². The summed E-state index contributed by atoms with van der Waals surface area (Å²) < 4.78 is 4.98. The molecule has 1 aromatic rings. The third-order valence-electron chi connectivity index (χ3n) is 5.17. The van der Waals surface area contributed by atoms with Crippen LogP contribution in [0.4, 0.5) is 0 Å². The van der Waals surface area contributed by atoms with Gasteiger partial charge in [-0.1, -0.05) is 13.8 Å². The molecule has 2 rings (SSSR count). The van der Waals surface area contributed by atoms with Gasteiger partial charge in [0.2, 0.25) is 5.91 Å². The predicted octanol–water partition coefficient (Wildman–Crippen LogP) is 1.60. The van der Waals surface area contributed by atoms with Crippen LogP contribution in [0.2, 0.25) is 0 Å². The highest BCUT2D eigenvalue weighted by atomic mass is 16.5. The van der Waals surface area contributed by atoms with Crippen molar-refractivity contribution in [1.82, 2.24) is 15.2 Å². The minimum Gasteiger partial charge on any atom is -0.384 e. The molecule has 0 saturated carbocycles. The van der Waals surface area contributed by atoms with Gasteiger partial charge in [-0.05, 0) is 25.7 Å². The molecule has 2 N–H and O–H groups in total. The van der Waals surface area contributed by atoms with Crippen molar-refractivity contribution in [1.29, 1.82) is 0 Å². The van der Waals surface area contributed by atoms with Crippen molar-refractivity contribution >= 4 is 5.91 Å². The zero-order chi connectivity index (χ0) is 18.6. The monoisotopic (exact) mass is 349 g/mol. The first kappa shape index (κ1) is 19.7. The molecule has 0 bridgehead atoms. The summed E-state index contributed by atoms with van der Waals surface area (Å²) in [6.45, 7) is 11.0. The second-order valence-corrected chi connectivity index (χ2v) is 7.42. The number of H-pyrrole nitrogens is 1. The summed E-state index contributed by atoms with van der Waals surface area (Å²) in [6, 6.07) is 0.141. The molecule has 140 valence electrons. The van der Waals surface area contributed by atoms with Crippen LogP contribution < -0.4 is 10.7 Å². The molecule has 6 heteroatoms. The first-order valence-electron chi connectivity index (χ1n) is 9.01. The summed E-state index contributed by atoms with van der Waals surface area (Å²) in [7, 11) is 1.60. The number of amides is 1. The van der Waals surface area contributed by atoms with E-state index in [1.807, 2.05) is 13.8 Å². The molecule has 0 radical (unpaired) electrons. The van der Waals surface area contributed by atoms with Gasteiger partial charge in [-0.2, -0.15) is 0 Å². The van der Waals surface area contributed by atoms with E-state index < -0.39 is 0 Å². The number of rotatable bonds is 7. The number of nitrogens with zero attached hydrogens (tertiary/aromatic N) is 1. The number of pyridine rings is 1. The lowest BCUT2D eigenvalue weighted by molar-refractivity contribution is -0.122. The van der Waals surface area contributed by atoms with E-state index in [4.69, 9.17) is 4.74 Å². The molecule has 2 heterocycles. The number of carbonyl (C=O) groups is 1. The van der Waals surface area contributed by atoms with Gasteiger partial charge in [0, 0.05) is 62.2 Å². The molecule has 1 aliphatic heterocycles. The van der Waals surface area contributed by atoms with Gasteiger partial charge < -0.3 is 15.0 Å². The van der Waals surface area contributed by atoms with Crippen LogP contribution in [0.1, 0.15) is 37.1 Å². The number of likely N-dealkylation sites (tertiary alicyclic amines) is 1. The molecule has 1 aromatic heterocycles. The molecule has 0 spiro atoms. The van der Waals surface area contributed by atoms with Crippen LogP contribution in [0.25, 0.3) is 0 Å². The molecule has 0 unspecified atom stereocenters. The van der Waals surface area contributed by atoms with Gasteiger partial charge in [-0.25, -0.2) is 0 Å². The predicted molar refractivity (Wildman–Crippen MR) is 98.6 cm³/mol. The van der Waals surface area contributed by atoms with E-state index in [2.05, 4.69) is 29.0 Å². The van der Waals surface area contributed by atoms with E-state index in [-0.39, 0.29) is 17.4 Å². The quantitative estimate of drug-likeness (QED) is 0.784. The Kier molecular flexibility index (Phi) is 6.79. The number of carbonyl (C=O) groups excluding carboxylic acids is 1. The van der Waals surface area contributed by atoms with Gasteiger partial charge in [-0.3, -0.25) is 14.5 Å². The minimum absolute atomic E-state index is 0.0410. The number of aryl methyl sites for hydroxylation is 1. The van der Waals surface area contributed by atoms with E-state index in [1.165, 1.54) is 0 Å². The van der Waals surface area contributed by atoms with Crippen LogP contribution in [0.3, 0.4) is 0 Å². The SMILES string of the molecule is COCCC(=O)N[C@@H]1CN(Cc2[nH]cc(C)c(=O)c2C)C[C@H]1C(C)C. The van der Waals surface area contributed by atoms with Crippen molar-refractivity contribution < 1.29 is 9.53 Å². The maximum atomic E-state index is 12.1. The molecule has 1 amide bonds. The van der Waals surface area contributed by atoms with Crippen LogP contribution in [-0.4, -0.2) is 48.6 Å². The van der Waals surface area contributed by atoms with Crippen LogP contribution in [0.5, 0.6) is 0 Å². The summed E-state index contributed by atoms with van der Waals surface area (Å²) in [4.78, 5) is 29.8. The molecule has 2 atom stereocenters. The number of aromatic amines is 1. The molecule has 25 heavy (non-hydrogen) atoms. The van der Waals surface area contributed by atoms with Crippen LogP contribution >= 0.6 is 0 Å². The summed E-state index contributed by atoms with van der Waals surface area (Å²) in [5.74, 6) is 0.930. The zero-order valence-electron chi connectivity index (χ0n) is 16.0. The van der Waals surface area contributed by atoms with Gasteiger partial charge >= 0.3 is 0 Å². The molecule has 1 aliphatic rings. The van der Waals surface area contributed by atoms with E-state index >= 15 is 0 Å². The zero-order valence-corrected chi connectivity index (χ0v) is 16.0. The van der Waals surface area contributed by atoms with Crippen molar-refractivity contribution in [2.24, 2.45) is 11.8 Å². The van der Waals surface area contributed by atoms with Crippen LogP contribution in [0, 0.1) is 25.7 Å². The van der Waals surface area contributed by atoms with Gasteiger partial charge in [0.15, 0.2) is 5.43 Å². The van der Waals surface area contributed by atoms with Gasteiger partial charge in [0.25, 0.3) is 0 Å². The molecular formula is C19H31N3O3. The minimum atomic E-state index is 0.0410. The van der Waals surface area contributed by atoms with E-state index in [9.17, 15) is 9.59 Å². The van der Waals surface area contributed by atoms with Gasteiger partial charge in [0.1, 0.15) is 0 Å². The first-order valence-corrected chi connectivity index (χ1v) is 9.01. The van der Waals surface area contributed by atoms with Gasteiger partial charge in [0.05, 0.1) is 6.61 Å². The highest BCUT2D eigenvalue weighted by Gasteiger charge is 2.35. The lowest BCUT2D eigenvalue weighted by Gasteiger charge is -2.22. The average Bonchev–Trinajstić information content (AvgIpc) is 2.96. The van der Waals surface area contributed by atoms with E-state index in [0.717, 1.165) is 29.9 Å². The lowest BCUT2D eigenvalue weighted by Crippen LogP contribution is -2.42. The number of nitrogens with one attached hydrogen (secondary N) is 2. The third kappa shape index (κ3) is 4.92. The Bertz CT molecular complexity index is 654. The smallest absolute Gasteiger partial charge is 0.222 e. The highest BCUT2D eigenvalue weighted by molar-refractivity contribution is 5.76. The number of aromatic nitrogens is 1. The Labute approximate surface area is 150 Å². The first-order chi connectivity index (χ1) is 11.8. The second-order valence-electron chi connectivity index (χ2n) is 7.42. The average molecular weight is 349 g/mol. The van der Waals surface area contributed by atoms with Crippen molar-refractivity contribution in [3.63, 3.8) is 0 Å². The molecule has 1 fully saturated rings. The Morgan fingerprint density at radius 3 is 2.76 bits per heavy atom. The molecular weight excluding hydrogens is 318 g/mol. The number of hydrogen-bond donors (Lipinski definition) is 2. The van der Waals surface area contributed by atoms with Crippen LogP contribution in [-0.2, 0) is 16.1 Å². The number of ether oxygens (including phenoxy) is 1. The standard InChI is InChI=1S/C19H31N3O3/c1-12(2)15-9-22(11-17(15)21-18(23)6-7-25-5)10-16-14(4)19(24)13(3)8-20-16/h8,12,15,17H,6-7,9-11H2,1-5H3,(H,20,24)(H,21,23)/t15-,17+/m0/s1. The van der Waals surface area contributed by atoms with Gasteiger partial charge in [-0.15, -0.1) is 0 Å². The Balaban J connectivity index is 2.05. The molecule has 0 aromatic carbocycles. The highest BCUT2D eigenvalue weighted by Crippen LogP contribution is 2.26. The van der Waals surface area contributed by atoms with Crippen LogP contribution in [0.15, 0.2) is 11.0 Å². The maximum Gasteiger partial charge on any atom is 0.222 e. The van der Waals surface area contributed by atoms with Crippen molar-refractivity contribution in [3.05, 3.63) is 33.2 Å².